The Hall–Kier alpha value is -1.35. The van der Waals surface area contributed by atoms with Crippen molar-refractivity contribution < 1.29 is 9.53 Å². The van der Waals surface area contributed by atoms with Gasteiger partial charge in [-0.15, -0.1) is 0 Å². The maximum atomic E-state index is 11.5. The molecule has 1 N–H and O–H groups in total. The van der Waals surface area contributed by atoms with Crippen LogP contribution < -0.4 is 5.32 Å². The van der Waals surface area contributed by atoms with Gasteiger partial charge in [-0.05, 0) is 37.3 Å². The van der Waals surface area contributed by atoms with Crippen LogP contribution in [0.5, 0.6) is 0 Å². The fourth-order valence-electron chi connectivity index (χ4n) is 1.89. The van der Waals surface area contributed by atoms with Crippen molar-refractivity contribution >= 4 is 5.97 Å². The van der Waals surface area contributed by atoms with Crippen molar-refractivity contribution in [3.05, 3.63) is 35.4 Å². The number of nitrogens with one attached hydrogen (secondary N) is 1. The van der Waals surface area contributed by atoms with Crippen LogP contribution in [0.15, 0.2) is 24.3 Å². The van der Waals surface area contributed by atoms with Gasteiger partial charge in [0.25, 0.3) is 0 Å². The first-order valence-electron chi connectivity index (χ1n) is 7.00. The zero-order valence-electron chi connectivity index (χ0n) is 12.4. The minimum Gasteiger partial charge on any atom is -0.465 e. The summed E-state index contributed by atoms with van der Waals surface area (Å²) in [4.78, 5) is 11.5. The van der Waals surface area contributed by atoms with Crippen LogP contribution in [-0.2, 0) is 22.5 Å². The number of esters is 1. The van der Waals surface area contributed by atoms with Gasteiger partial charge in [-0.25, -0.2) is 0 Å². The van der Waals surface area contributed by atoms with Crippen LogP contribution >= 0.6 is 0 Å². The molecule has 1 aromatic rings. The molecule has 0 fully saturated rings. The van der Waals surface area contributed by atoms with E-state index in [1.165, 1.54) is 11.1 Å². The van der Waals surface area contributed by atoms with Gasteiger partial charge in [0.15, 0.2) is 0 Å². The van der Waals surface area contributed by atoms with Crippen LogP contribution in [0.1, 0.15) is 38.8 Å². The van der Waals surface area contributed by atoms with Crippen molar-refractivity contribution in [2.75, 3.05) is 6.61 Å². The molecule has 0 aliphatic rings. The second-order valence-corrected chi connectivity index (χ2v) is 5.27. The lowest BCUT2D eigenvalue weighted by Gasteiger charge is -2.13. The summed E-state index contributed by atoms with van der Waals surface area (Å²) in [5.41, 5.74) is 2.54. The lowest BCUT2D eigenvalue weighted by molar-refractivity contribution is -0.145. The quantitative estimate of drug-likeness (QED) is 0.769. The fraction of sp³-hybridized carbons (Fsp3) is 0.562. The van der Waals surface area contributed by atoms with Crippen molar-refractivity contribution in [3.63, 3.8) is 0 Å². The Balaban J connectivity index is 2.43. The molecular weight excluding hydrogens is 238 g/mol. The number of rotatable bonds is 7. The number of ether oxygens (including phenoxy) is 1. The standard InChI is InChI=1S/C16H25NO2/c1-5-19-16(18)13(4)17-11-15-8-6-14(7-9-15)10-12(2)3/h6-9,12-13,17H,5,10-11H2,1-4H3. The smallest absolute Gasteiger partial charge is 0.322 e. The zero-order valence-corrected chi connectivity index (χ0v) is 12.4. The van der Waals surface area contributed by atoms with E-state index in [-0.39, 0.29) is 12.0 Å². The SMILES string of the molecule is CCOC(=O)C(C)NCc1ccc(CC(C)C)cc1. The summed E-state index contributed by atoms with van der Waals surface area (Å²) in [5.74, 6) is 0.478. The van der Waals surface area contributed by atoms with E-state index in [0.29, 0.717) is 19.1 Å². The molecule has 0 spiro atoms. The topological polar surface area (TPSA) is 38.3 Å². The molecule has 0 aliphatic heterocycles. The Morgan fingerprint density at radius 2 is 1.74 bits per heavy atom. The highest BCUT2D eigenvalue weighted by Gasteiger charge is 2.12. The van der Waals surface area contributed by atoms with E-state index in [4.69, 9.17) is 4.74 Å². The van der Waals surface area contributed by atoms with E-state index in [1.807, 2.05) is 13.8 Å². The molecule has 1 rings (SSSR count). The van der Waals surface area contributed by atoms with Crippen LogP contribution in [0.3, 0.4) is 0 Å². The first-order valence-corrected chi connectivity index (χ1v) is 7.00. The Kier molecular flexibility index (Phi) is 6.57. The van der Waals surface area contributed by atoms with Gasteiger partial charge in [-0.3, -0.25) is 4.79 Å². The molecule has 19 heavy (non-hydrogen) atoms. The van der Waals surface area contributed by atoms with Gasteiger partial charge in [-0.1, -0.05) is 38.1 Å². The average molecular weight is 263 g/mol. The highest BCUT2D eigenvalue weighted by Crippen LogP contribution is 2.09. The molecule has 3 heteroatoms. The summed E-state index contributed by atoms with van der Waals surface area (Å²) in [7, 11) is 0. The molecule has 3 nitrogen and oxygen atoms in total. The number of carbonyl (C=O) groups excluding carboxylic acids is 1. The average Bonchev–Trinajstić information content (AvgIpc) is 2.37. The number of benzene rings is 1. The second-order valence-electron chi connectivity index (χ2n) is 5.27. The molecule has 0 heterocycles. The third-order valence-corrected chi connectivity index (χ3v) is 2.92. The predicted octanol–water partition coefficient (Wildman–Crippen LogP) is 2.93. The molecule has 0 bridgehead atoms. The van der Waals surface area contributed by atoms with E-state index >= 15 is 0 Å². The van der Waals surface area contributed by atoms with Gasteiger partial charge in [0, 0.05) is 6.54 Å². The predicted molar refractivity (Wildman–Crippen MR) is 77.9 cm³/mol. The first-order chi connectivity index (χ1) is 9.02. The van der Waals surface area contributed by atoms with Crippen molar-refractivity contribution in [2.24, 2.45) is 5.92 Å². The molecule has 0 amide bonds. The molecule has 0 radical (unpaired) electrons. The molecule has 1 aromatic carbocycles. The second kappa shape index (κ2) is 7.95. The minimum absolute atomic E-state index is 0.195. The molecule has 106 valence electrons. The first kappa shape index (κ1) is 15.7. The van der Waals surface area contributed by atoms with E-state index in [2.05, 4.69) is 43.4 Å². The molecule has 1 unspecified atom stereocenters. The summed E-state index contributed by atoms with van der Waals surface area (Å²) < 4.78 is 4.95. The van der Waals surface area contributed by atoms with Gasteiger partial charge in [0.05, 0.1) is 6.61 Å². The van der Waals surface area contributed by atoms with Crippen LogP contribution in [-0.4, -0.2) is 18.6 Å². The van der Waals surface area contributed by atoms with Crippen LogP contribution in [0.25, 0.3) is 0 Å². The van der Waals surface area contributed by atoms with Gasteiger partial charge < -0.3 is 10.1 Å². The van der Waals surface area contributed by atoms with E-state index in [9.17, 15) is 4.79 Å². The van der Waals surface area contributed by atoms with Crippen molar-refractivity contribution in [1.29, 1.82) is 0 Å². The monoisotopic (exact) mass is 263 g/mol. The maximum Gasteiger partial charge on any atom is 0.322 e. The molecule has 0 saturated heterocycles. The summed E-state index contributed by atoms with van der Waals surface area (Å²) in [6, 6.07) is 8.28. The van der Waals surface area contributed by atoms with Crippen molar-refractivity contribution in [3.8, 4) is 0 Å². The van der Waals surface area contributed by atoms with Crippen molar-refractivity contribution in [2.45, 2.75) is 46.7 Å². The van der Waals surface area contributed by atoms with Gasteiger partial charge in [-0.2, -0.15) is 0 Å². The highest BCUT2D eigenvalue weighted by atomic mass is 16.5. The summed E-state index contributed by atoms with van der Waals surface area (Å²) in [6.07, 6.45) is 1.10. The van der Waals surface area contributed by atoms with E-state index < -0.39 is 0 Å². The van der Waals surface area contributed by atoms with E-state index in [0.717, 1.165) is 6.42 Å². The third kappa shape index (κ3) is 5.88. The lowest BCUT2D eigenvalue weighted by Crippen LogP contribution is -2.34. The Bertz CT molecular complexity index is 384. The minimum atomic E-state index is -0.268. The molecule has 0 saturated carbocycles. The third-order valence-electron chi connectivity index (χ3n) is 2.92. The summed E-state index contributed by atoms with van der Waals surface area (Å²) in [5, 5.41) is 3.17. The Labute approximate surface area is 116 Å². The highest BCUT2D eigenvalue weighted by molar-refractivity contribution is 5.75. The molecular formula is C16H25NO2. The summed E-state index contributed by atoms with van der Waals surface area (Å²) >= 11 is 0. The van der Waals surface area contributed by atoms with Crippen LogP contribution in [0.4, 0.5) is 0 Å². The number of hydrogen-bond donors (Lipinski definition) is 1. The van der Waals surface area contributed by atoms with Gasteiger partial charge in [0.2, 0.25) is 0 Å². The van der Waals surface area contributed by atoms with Crippen LogP contribution in [0.2, 0.25) is 0 Å². The Morgan fingerprint density at radius 3 is 2.26 bits per heavy atom. The molecule has 0 aliphatic carbocycles. The van der Waals surface area contributed by atoms with E-state index in [1.54, 1.807) is 0 Å². The Morgan fingerprint density at radius 1 is 1.16 bits per heavy atom. The largest absolute Gasteiger partial charge is 0.465 e. The number of hydrogen-bond acceptors (Lipinski definition) is 3. The zero-order chi connectivity index (χ0) is 14.3. The lowest BCUT2D eigenvalue weighted by atomic mass is 10.0. The van der Waals surface area contributed by atoms with Crippen molar-refractivity contribution in [1.82, 2.24) is 5.32 Å². The fourth-order valence-corrected chi connectivity index (χ4v) is 1.89. The normalized spacial score (nSPS) is 12.5. The van der Waals surface area contributed by atoms with Gasteiger partial charge in [0.1, 0.15) is 6.04 Å². The van der Waals surface area contributed by atoms with Gasteiger partial charge >= 0.3 is 5.97 Å². The molecule has 1 atom stereocenters. The maximum absolute atomic E-state index is 11.5. The summed E-state index contributed by atoms with van der Waals surface area (Å²) in [6.45, 7) is 9.19. The molecule has 0 aromatic heterocycles. The van der Waals surface area contributed by atoms with Crippen LogP contribution in [0, 0.1) is 5.92 Å². The number of carbonyl (C=O) groups is 1.